The first-order valence-corrected chi connectivity index (χ1v) is 9.84. The molecule has 5 rings (SSSR count). The van der Waals surface area contributed by atoms with Crippen molar-refractivity contribution in [2.45, 2.75) is 31.8 Å². The van der Waals surface area contributed by atoms with Gasteiger partial charge in [0.05, 0.1) is 17.9 Å². The van der Waals surface area contributed by atoms with Crippen LogP contribution in [0.15, 0.2) is 36.4 Å². The van der Waals surface area contributed by atoms with Crippen molar-refractivity contribution in [3.63, 3.8) is 0 Å². The second-order valence-electron chi connectivity index (χ2n) is 7.79. The molecule has 1 fully saturated rings. The fraction of sp³-hybridized carbons (Fsp3) is 0.364. The van der Waals surface area contributed by atoms with Gasteiger partial charge in [-0.2, -0.15) is 0 Å². The number of aromatic nitrogens is 2. The molecule has 0 aliphatic carbocycles. The number of H-pyrrole nitrogens is 1. The average Bonchev–Trinajstić information content (AvgIpc) is 3.09. The van der Waals surface area contributed by atoms with E-state index < -0.39 is 5.91 Å². The number of fused-ring (bicyclic) bond motifs is 4. The minimum absolute atomic E-state index is 0.292. The van der Waals surface area contributed by atoms with Gasteiger partial charge in [-0.25, -0.2) is 4.98 Å². The van der Waals surface area contributed by atoms with Gasteiger partial charge < -0.3 is 20.4 Å². The number of ether oxygens (including phenoxy) is 1. The summed E-state index contributed by atoms with van der Waals surface area (Å²) in [5.74, 6) is 0.254. The van der Waals surface area contributed by atoms with Crippen molar-refractivity contribution in [3.05, 3.63) is 58.9 Å². The molecule has 6 heteroatoms. The Hall–Kier alpha value is -2.86. The summed E-state index contributed by atoms with van der Waals surface area (Å²) in [4.78, 5) is 22.3. The maximum Gasteiger partial charge on any atom is 0.252 e. The molecule has 0 saturated carbocycles. The Bertz CT molecular complexity index is 1060. The lowest BCUT2D eigenvalue weighted by Crippen LogP contribution is -2.47. The molecule has 0 atom stereocenters. The first-order chi connectivity index (χ1) is 13.6. The molecule has 3 aromatic rings. The number of pyridine rings is 1. The number of para-hydroxylation sites is 1. The predicted octanol–water partition coefficient (Wildman–Crippen LogP) is 3.04. The molecule has 2 aliphatic rings. The zero-order valence-corrected chi connectivity index (χ0v) is 16.0. The van der Waals surface area contributed by atoms with E-state index in [0.717, 1.165) is 44.7 Å². The summed E-state index contributed by atoms with van der Waals surface area (Å²) >= 11 is 0. The molecule has 4 heterocycles. The second kappa shape index (κ2) is 6.34. The Kier molecular flexibility index (Phi) is 3.91. The molecular weight excluding hydrogens is 352 g/mol. The number of amides is 1. The van der Waals surface area contributed by atoms with Crippen LogP contribution in [0.1, 0.15) is 40.2 Å². The number of nitrogens with one attached hydrogen (secondary N) is 1. The summed E-state index contributed by atoms with van der Waals surface area (Å²) in [5, 5.41) is 1.30. The number of piperidine rings is 1. The predicted molar refractivity (Wildman–Crippen MR) is 109 cm³/mol. The van der Waals surface area contributed by atoms with Crippen LogP contribution in [-0.2, 0) is 16.8 Å². The topological polar surface area (TPSA) is 84.2 Å². The molecule has 144 valence electrons. The Balaban J connectivity index is 1.48. The highest BCUT2D eigenvalue weighted by Gasteiger charge is 2.43. The molecule has 1 spiro atoms. The number of carbonyl (C=O) groups is 1. The number of primary amides is 1. The smallest absolute Gasteiger partial charge is 0.252 e. The third-order valence-electron chi connectivity index (χ3n) is 6.15. The zero-order chi connectivity index (χ0) is 19.3. The van der Waals surface area contributed by atoms with Crippen molar-refractivity contribution in [3.8, 4) is 0 Å². The highest BCUT2D eigenvalue weighted by Crippen LogP contribution is 2.44. The van der Waals surface area contributed by atoms with Crippen LogP contribution in [0.25, 0.3) is 10.9 Å². The van der Waals surface area contributed by atoms with Gasteiger partial charge in [0.15, 0.2) is 0 Å². The van der Waals surface area contributed by atoms with Crippen LogP contribution in [0, 0.1) is 6.92 Å². The standard InChI is InChI=1S/C22H24N4O2/c1-14-6-7-17(20(23)27)21(24-14)26-11-9-22(10-12-26)19-16(8-13-28-22)15-4-2-3-5-18(15)25-19/h2-7,25H,8-13H2,1H3,(H2,23,27). The van der Waals surface area contributed by atoms with Gasteiger partial charge in [-0.05, 0) is 49.9 Å². The minimum atomic E-state index is -0.436. The molecule has 1 aromatic carbocycles. The van der Waals surface area contributed by atoms with Gasteiger partial charge in [0, 0.05) is 29.7 Å². The second-order valence-corrected chi connectivity index (χ2v) is 7.79. The third-order valence-corrected chi connectivity index (χ3v) is 6.15. The first-order valence-electron chi connectivity index (χ1n) is 9.84. The minimum Gasteiger partial charge on any atom is -0.368 e. The van der Waals surface area contributed by atoms with Crippen LogP contribution in [0.4, 0.5) is 5.82 Å². The number of hydrogen-bond donors (Lipinski definition) is 2. The van der Waals surface area contributed by atoms with Gasteiger partial charge in [-0.3, -0.25) is 4.79 Å². The third kappa shape index (κ3) is 2.59. The van der Waals surface area contributed by atoms with E-state index >= 15 is 0 Å². The van der Waals surface area contributed by atoms with E-state index in [0.29, 0.717) is 11.4 Å². The van der Waals surface area contributed by atoms with Crippen LogP contribution >= 0.6 is 0 Å². The fourth-order valence-corrected chi connectivity index (χ4v) is 4.72. The number of rotatable bonds is 2. The Labute approximate surface area is 163 Å². The van der Waals surface area contributed by atoms with Gasteiger partial charge in [0.1, 0.15) is 11.4 Å². The van der Waals surface area contributed by atoms with Crippen LogP contribution < -0.4 is 10.6 Å². The molecule has 2 aliphatic heterocycles. The summed E-state index contributed by atoms with van der Waals surface area (Å²) < 4.78 is 6.38. The highest BCUT2D eigenvalue weighted by molar-refractivity contribution is 5.97. The van der Waals surface area contributed by atoms with E-state index in [1.807, 2.05) is 13.0 Å². The van der Waals surface area contributed by atoms with Crippen LogP contribution in [-0.4, -0.2) is 35.6 Å². The van der Waals surface area contributed by atoms with Gasteiger partial charge in [0.2, 0.25) is 0 Å². The van der Waals surface area contributed by atoms with E-state index in [1.165, 1.54) is 22.2 Å². The number of hydrogen-bond acceptors (Lipinski definition) is 4. The van der Waals surface area contributed by atoms with Crippen LogP contribution in [0.5, 0.6) is 0 Å². The summed E-state index contributed by atoms with van der Waals surface area (Å²) in [7, 11) is 0. The van der Waals surface area contributed by atoms with Gasteiger partial charge >= 0.3 is 0 Å². The SMILES string of the molecule is Cc1ccc(C(N)=O)c(N2CCC3(CC2)OCCc2c3[nH]c3ccccc23)n1. The molecule has 28 heavy (non-hydrogen) atoms. The lowest BCUT2D eigenvalue weighted by molar-refractivity contribution is -0.0791. The molecule has 0 bridgehead atoms. The Morgan fingerprint density at radius 3 is 2.79 bits per heavy atom. The quantitative estimate of drug-likeness (QED) is 0.720. The number of nitrogens with zero attached hydrogens (tertiary/aromatic N) is 2. The highest BCUT2D eigenvalue weighted by atomic mass is 16.5. The number of aryl methyl sites for hydroxylation is 1. The van der Waals surface area contributed by atoms with Crippen molar-refractivity contribution < 1.29 is 9.53 Å². The molecule has 6 nitrogen and oxygen atoms in total. The maximum atomic E-state index is 11.9. The Morgan fingerprint density at radius 1 is 1.21 bits per heavy atom. The first kappa shape index (κ1) is 17.3. The lowest BCUT2D eigenvalue weighted by Gasteiger charge is -2.44. The summed E-state index contributed by atoms with van der Waals surface area (Å²) in [6.07, 6.45) is 2.64. The van der Waals surface area contributed by atoms with Crippen LogP contribution in [0.3, 0.4) is 0 Å². The maximum absolute atomic E-state index is 11.9. The number of benzene rings is 1. The van der Waals surface area contributed by atoms with Crippen LogP contribution in [0.2, 0.25) is 0 Å². The van der Waals surface area contributed by atoms with Crippen molar-refractivity contribution >= 4 is 22.6 Å². The number of aromatic amines is 1. The van der Waals surface area contributed by atoms with E-state index in [-0.39, 0.29) is 5.60 Å². The summed E-state index contributed by atoms with van der Waals surface area (Å²) in [5.41, 5.74) is 10.4. The van der Waals surface area contributed by atoms with Crippen molar-refractivity contribution in [1.29, 1.82) is 0 Å². The molecule has 0 unspecified atom stereocenters. The summed E-state index contributed by atoms with van der Waals surface area (Å²) in [6.45, 7) is 4.21. The Morgan fingerprint density at radius 2 is 2.00 bits per heavy atom. The van der Waals surface area contributed by atoms with Crippen molar-refractivity contribution in [2.75, 3.05) is 24.6 Å². The molecule has 3 N–H and O–H groups in total. The molecular formula is C22H24N4O2. The fourth-order valence-electron chi connectivity index (χ4n) is 4.72. The lowest BCUT2D eigenvalue weighted by atomic mass is 9.83. The number of carbonyl (C=O) groups excluding carboxylic acids is 1. The molecule has 1 amide bonds. The molecule has 1 saturated heterocycles. The van der Waals surface area contributed by atoms with E-state index in [1.54, 1.807) is 6.07 Å². The number of anilines is 1. The van der Waals surface area contributed by atoms with E-state index in [9.17, 15) is 4.79 Å². The molecule has 2 aromatic heterocycles. The van der Waals surface area contributed by atoms with Gasteiger partial charge in [-0.1, -0.05) is 18.2 Å². The summed E-state index contributed by atoms with van der Waals surface area (Å²) in [6, 6.07) is 12.1. The largest absolute Gasteiger partial charge is 0.368 e. The van der Waals surface area contributed by atoms with E-state index in [4.69, 9.17) is 10.5 Å². The van der Waals surface area contributed by atoms with Gasteiger partial charge in [-0.15, -0.1) is 0 Å². The molecule has 0 radical (unpaired) electrons. The monoisotopic (exact) mass is 376 g/mol. The van der Waals surface area contributed by atoms with Crippen molar-refractivity contribution in [1.82, 2.24) is 9.97 Å². The van der Waals surface area contributed by atoms with E-state index in [2.05, 4.69) is 39.1 Å². The zero-order valence-electron chi connectivity index (χ0n) is 16.0. The van der Waals surface area contributed by atoms with Gasteiger partial charge in [0.25, 0.3) is 5.91 Å². The average molecular weight is 376 g/mol. The number of nitrogens with two attached hydrogens (primary N) is 1. The van der Waals surface area contributed by atoms with Crippen molar-refractivity contribution in [2.24, 2.45) is 5.73 Å². The normalized spacial score (nSPS) is 18.4.